The Morgan fingerprint density at radius 3 is 2.60 bits per heavy atom. The summed E-state index contributed by atoms with van der Waals surface area (Å²) in [6.45, 7) is 0.592. The zero-order valence-electron chi connectivity index (χ0n) is 19.1. The number of anilines is 1. The first kappa shape index (κ1) is 22.9. The third-order valence-corrected chi connectivity index (χ3v) is 7.57. The Morgan fingerprint density at radius 2 is 1.86 bits per heavy atom. The number of fused-ring (bicyclic) bond motifs is 2. The van der Waals surface area contributed by atoms with Gasteiger partial charge in [-0.25, -0.2) is 17.9 Å². The summed E-state index contributed by atoms with van der Waals surface area (Å²) in [5.74, 6) is -0.0114. The van der Waals surface area contributed by atoms with Crippen LogP contribution in [0.1, 0.15) is 21.5 Å². The van der Waals surface area contributed by atoms with Crippen LogP contribution in [0.15, 0.2) is 74.8 Å². The Morgan fingerprint density at radius 1 is 1.09 bits per heavy atom. The summed E-state index contributed by atoms with van der Waals surface area (Å²) in [7, 11) is -0.738. The second-order valence-electron chi connectivity index (χ2n) is 8.28. The summed E-state index contributed by atoms with van der Waals surface area (Å²) in [5, 5.41) is 0. The molecule has 35 heavy (non-hydrogen) atoms. The summed E-state index contributed by atoms with van der Waals surface area (Å²) in [5.41, 5.74) is 3.78. The molecule has 1 aromatic heterocycles. The van der Waals surface area contributed by atoms with Gasteiger partial charge < -0.3 is 14.1 Å². The van der Waals surface area contributed by atoms with Gasteiger partial charge in [-0.1, -0.05) is 12.1 Å². The van der Waals surface area contributed by atoms with E-state index in [4.69, 9.17) is 9.15 Å². The summed E-state index contributed by atoms with van der Waals surface area (Å²) < 4.78 is 39.9. The molecule has 180 valence electrons. The summed E-state index contributed by atoms with van der Waals surface area (Å²) in [4.78, 5) is 26.5. The van der Waals surface area contributed by atoms with Crippen LogP contribution in [0.3, 0.4) is 0 Å². The molecule has 10 heteroatoms. The lowest BCUT2D eigenvalue weighted by Crippen LogP contribution is -2.29. The lowest BCUT2D eigenvalue weighted by atomic mass is 10.1. The van der Waals surface area contributed by atoms with Crippen molar-refractivity contribution in [3.8, 4) is 5.75 Å². The molecule has 2 heterocycles. The fourth-order valence-electron chi connectivity index (χ4n) is 4.18. The van der Waals surface area contributed by atoms with Crippen molar-refractivity contribution in [2.24, 2.45) is 7.05 Å². The van der Waals surface area contributed by atoms with Crippen LogP contribution in [-0.2, 0) is 30.0 Å². The summed E-state index contributed by atoms with van der Waals surface area (Å²) >= 11 is 0. The van der Waals surface area contributed by atoms with Gasteiger partial charge in [-0.2, -0.15) is 0 Å². The van der Waals surface area contributed by atoms with E-state index in [1.807, 2.05) is 18.2 Å². The molecule has 5 rings (SSSR count). The van der Waals surface area contributed by atoms with E-state index in [1.165, 1.54) is 22.8 Å². The van der Waals surface area contributed by atoms with E-state index in [0.29, 0.717) is 28.9 Å². The molecule has 1 N–H and O–H groups in total. The summed E-state index contributed by atoms with van der Waals surface area (Å²) in [6.07, 6.45) is 0.728. The van der Waals surface area contributed by atoms with Gasteiger partial charge in [0.15, 0.2) is 5.58 Å². The number of benzene rings is 3. The Kier molecular flexibility index (Phi) is 5.70. The van der Waals surface area contributed by atoms with Crippen molar-refractivity contribution >= 4 is 32.7 Å². The minimum absolute atomic E-state index is 0.00294. The number of aromatic nitrogens is 1. The number of nitrogens with one attached hydrogen (secondary N) is 1. The van der Waals surface area contributed by atoms with Crippen molar-refractivity contribution in [1.29, 1.82) is 0 Å². The molecular weight excluding hydrogens is 470 g/mol. The van der Waals surface area contributed by atoms with Crippen LogP contribution < -0.4 is 20.1 Å². The number of ether oxygens (including phenoxy) is 1. The number of carbonyl (C=O) groups is 1. The molecule has 0 fully saturated rings. The average Bonchev–Trinajstić information content (AvgIpc) is 3.42. The van der Waals surface area contributed by atoms with Crippen LogP contribution in [0.2, 0.25) is 0 Å². The number of aryl methyl sites for hydroxylation is 1. The van der Waals surface area contributed by atoms with Crippen molar-refractivity contribution in [1.82, 2.24) is 9.29 Å². The highest BCUT2D eigenvalue weighted by atomic mass is 32.2. The van der Waals surface area contributed by atoms with E-state index in [-0.39, 0.29) is 22.9 Å². The van der Waals surface area contributed by atoms with E-state index >= 15 is 0 Å². The van der Waals surface area contributed by atoms with Gasteiger partial charge in [0.25, 0.3) is 5.91 Å². The molecule has 9 nitrogen and oxygen atoms in total. The van der Waals surface area contributed by atoms with Crippen LogP contribution in [0.4, 0.5) is 5.69 Å². The van der Waals surface area contributed by atoms with Crippen molar-refractivity contribution in [2.45, 2.75) is 17.9 Å². The van der Waals surface area contributed by atoms with E-state index < -0.39 is 15.8 Å². The van der Waals surface area contributed by atoms with Crippen LogP contribution in [0, 0.1) is 0 Å². The number of oxazole rings is 1. The topological polar surface area (TPSA) is 111 Å². The molecule has 1 aliphatic rings. The zero-order chi connectivity index (χ0) is 24.7. The smallest absolute Gasteiger partial charge is 0.419 e. The number of hydrogen-bond acceptors (Lipinski definition) is 6. The molecule has 0 aliphatic carbocycles. The fourth-order valence-corrected chi connectivity index (χ4v) is 5.21. The Balaban J connectivity index is 1.35. The number of hydrogen-bond donors (Lipinski definition) is 1. The number of sulfonamides is 1. The molecule has 3 aromatic carbocycles. The van der Waals surface area contributed by atoms with Gasteiger partial charge >= 0.3 is 5.76 Å². The van der Waals surface area contributed by atoms with Crippen molar-refractivity contribution < 1.29 is 22.4 Å². The van der Waals surface area contributed by atoms with E-state index in [2.05, 4.69) is 4.72 Å². The maximum Gasteiger partial charge on any atom is 0.419 e. The third-order valence-electron chi connectivity index (χ3n) is 6.17. The van der Waals surface area contributed by atoms with Crippen LogP contribution in [-0.4, -0.2) is 32.5 Å². The number of amides is 1. The van der Waals surface area contributed by atoms with Crippen molar-refractivity contribution in [3.63, 3.8) is 0 Å². The number of methoxy groups -OCH3 is 1. The minimum atomic E-state index is -3.86. The number of rotatable bonds is 6. The molecule has 0 radical (unpaired) electrons. The fraction of sp³-hybridized carbons (Fsp3) is 0.200. The number of carbonyl (C=O) groups excluding carboxylic acids is 1. The number of nitrogens with zero attached hydrogens (tertiary/aromatic N) is 2. The van der Waals surface area contributed by atoms with Crippen molar-refractivity contribution in [3.05, 3.63) is 87.9 Å². The Hall–Kier alpha value is -3.89. The van der Waals surface area contributed by atoms with Gasteiger partial charge in [-0.05, 0) is 60.0 Å². The van der Waals surface area contributed by atoms with E-state index in [9.17, 15) is 18.0 Å². The Bertz CT molecular complexity index is 1600. The molecule has 0 spiro atoms. The molecule has 0 saturated carbocycles. The lowest BCUT2D eigenvalue weighted by molar-refractivity contribution is 0.0989. The van der Waals surface area contributed by atoms with Gasteiger partial charge in [0, 0.05) is 37.5 Å². The maximum atomic E-state index is 13.1. The van der Waals surface area contributed by atoms with Gasteiger partial charge in [0.05, 0.1) is 17.5 Å². The van der Waals surface area contributed by atoms with Crippen molar-refractivity contribution in [2.75, 3.05) is 18.6 Å². The Labute approximate surface area is 201 Å². The highest BCUT2D eigenvalue weighted by Crippen LogP contribution is 2.31. The quantitative estimate of drug-likeness (QED) is 0.442. The van der Waals surface area contributed by atoms with Gasteiger partial charge in [-0.3, -0.25) is 9.36 Å². The first-order valence-electron chi connectivity index (χ1n) is 10.9. The average molecular weight is 494 g/mol. The van der Waals surface area contributed by atoms with Gasteiger partial charge in [-0.15, -0.1) is 0 Å². The second-order valence-corrected chi connectivity index (χ2v) is 10.0. The van der Waals surface area contributed by atoms with E-state index in [1.54, 1.807) is 43.3 Å². The van der Waals surface area contributed by atoms with Gasteiger partial charge in [0.1, 0.15) is 5.75 Å². The monoisotopic (exact) mass is 493 g/mol. The maximum absolute atomic E-state index is 13.1. The molecule has 0 unspecified atom stereocenters. The largest absolute Gasteiger partial charge is 0.497 e. The SMILES string of the molecule is COc1ccc(C(=O)N2CCc3ccc(CNS(=O)(=O)c4ccc5c(c4)oc(=O)n5C)cc32)cc1. The highest BCUT2D eigenvalue weighted by Gasteiger charge is 2.26. The standard InChI is InChI=1S/C25H23N3O6S/c1-27-21-10-9-20(14-23(21)34-25(27)30)35(31,32)26-15-16-3-4-17-11-12-28(22(17)13-16)24(29)18-5-7-19(33-2)8-6-18/h3-10,13-14,26H,11-12,15H2,1-2H3. The summed E-state index contributed by atoms with van der Waals surface area (Å²) in [6, 6.07) is 16.8. The second kappa shape index (κ2) is 8.71. The first-order valence-corrected chi connectivity index (χ1v) is 12.4. The predicted molar refractivity (Wildman–Crippen MR) is 130 cm³/mol. The first-order chi connectivity index (χ1) is 16.8. The predicted octanol–water partition coefficient (Wildman–Crippen LogP) is 2.82. The zero-order valence-corrected chi connectivity index (χ0v) is 20.0. The molecule has 1 aliphatic heterocycles. The highest BCUT2D eigenvalue weighted by molar-refractivity contribution is 7.89. The van der Waals surface area contributed by atoms with Crippen LogP contribution >= 0.6 is 0 Å². The van der Waals surface area contributed by atoms with Crippen LogP contribution in [0.5, 0.6) is 5.75 Å². The molecular formula is C25H23N3O6S. The third kappa shape index (κ3) is 4.22. The molecule has 0 bridgehead atoms. The normalized spacial score (nSPS) is 13.3. The van der Waals surface area contributed by atoms with Crippen LogP contribution in [0.25, 0.3) is 11.1 Å². The molecule has 0 saturated heterocycles. The molecule has 0 atom stereocenters. The van der Waals surface area contributed by atoms with E-state index in [0.717, 1.165) is 17.7 Å². The van der Waals surface area contributed by atoms with Gasteiger partial charge in [0.2, 0.25) is 10.0 Å². The molecule has 4 aromatic rings. The molecule has 1 amide bonds. The lowest BCUT2D eigenvalue weighted by Gasteiger charge is -2.18. The minimum Gasteiger partial charge on any atom is -0.497 e.